The van der Waals surface area contributed by atoms with E-state index in [1.54, 1.807) is 11.3 Å². The molecular weight excluding hydrogens is 302 g/mol. The lowest BCUT2D eigenvalue weighted by Gasteiger charge is -2.12. The van der Waals surface area contributed by atoms with E-state index in [0.717, 1.165) is 28.5 Å². The van der Waals surface area contributed by atoms with Crippen LogP contribution in [0, 0.1) is 0 Å². The summed E-state index contributed by atoms with van der Waals surface area (Å²) >= 11 is 1.63. The molecule has 3 nitrogen and oxygen atoms in total. The molecule has 1 aromatic heterocycles. The lowest BCUT2D eigenvalue weighted by atomic mass is 10.1. The van der Waals surface area contributed by atoms with Crippen LogP contribution in [0.2, 0.25) is 0 Å². The highest BCUT2D eigenvalue weighted by molar-refractivity contribution is 7.14. The first-order valence-electron chi connectivity index (χ1n) is 7.75. The third-order valence-corrected chi connectivity index (χ3v) is 4.55. The number of rotatable bonds is 5. The molecule has 3 aromatic rings. The van der Waals surface area contributed by atoms with Gasteiger partial charge in [0.2, 0.25) is 0 Å². The van der Waals surface area contributed by atoms with Gasteiger partial charge in [-0.05, 0) is 36.2 Å². The zero-order chi connectivity index (χ0) is 16.2. The first kappa shape index (κ1) is 15.6. The fourth-order valence-corrected chi connectivity index (χ4v) is 3.08. The fourth-order valence-electron chi connectivity index (χ4n) is 2.34. The minimum atomic E-state index is 0.918. The van der Waals surface area contributed by atoms with Crippen LogP contribution in [-0.4, -0.2) is 19.1 Å². The van der Waals surface area contributed by atoms with Crippen LogP contribution < -0.4 is 10.2 Å². The Kier molecular flexibility index (Phi) is 4.63. The molecular formula is C19H21N3S. The quantitative estimate of drug-likeness (QED) is 0.701. The Balaban J connectivity index is 1.74. The van der Waals surface area contributed by atoms with Crippen molar-refractivity contribution in [1.82, 2.24) is 4.98 Å². The van der Waals surface area contributed by atoms with Crippen molar-refractivity contribution < 1.29 is 0 Å². The number of nitrogens with zero attached hydrogens (tertiary/aromatic N) is 2. The Hall–Kier alpha value is -2.33. The van der Waals surface area contributed by atoms with Crippen molar-refractivity contribution in [3.63, 3.8) is 0 Å². The summed E-state index contributed by atoms with van der Waals surface area (Å²) in [4.78, 5) is 6.78. The van der Waals surface area contributed by atoms with Crippen LogP contribution in [0.5, 0.6) is 0 Å². The second-order valence-electron chi connectivity index (χ2n) is 5.65. The van der Waals surface area contributed by atoms with Crippen LogP contribution in [0.4, 0.5) is 16.5 Å². The molecule has 0 aliphatic rings. The highest BCUT2D eigenvalue weighted by Crippen LogP contribution is 2.28. The van der Waals surface area contributed by atoms with Crippen LogP contribution in [0.15, 0.2) is 53.9 Å². The van der Waals surface area contributed by atoms with Crippen LogP contribution >= 0.6 is 11.3 Å². The summed E-state index contributed by atoms with van der Waals surface area (Å²) in [6, 6.07) is 17.0. The summed E-state index contributed by atoms with van der Waals surface area (Å²) in [5.74, 6) is 0. The number of thiazole rings is 1. The normalized spacial score (nSPS) is 10.6. The number of benzene rings is 2. The number of aryl methyl sites for hydroxylation is 1. The fraction of sp³-hybridized carbons (Fsp3) is 0.211. The Morgan fingerprint density at radius 2 is 1.70 bits per heavy atom. The summed E-state index contributed by atoms with van der Waals surface area (Å²) < 4.78 is 0. The van der Waals surface area contributed by atoms with Crippen molar-refractivity contribution in [3.05, 3.63) is 59.5 Å². The molecule has 0 radical (unpaired) electrons. The van der Waals surface area contributed by atoms with E-state index in [1.807, 2.05) is 14.1 Å². The predicted molar refractivity (Wildman–Crippen MR) is 101 cm³/mol. The molecule has 0 atom stereocenters. The van der Waals surface area contributed by atoms with Crippen LogP contribution in [0.25, 0.3) is 11.3 Å². The molecule has 118 valence electrons. The Morgan fingerprint density at radius 1 is 1.00 bits per heavy atom. The molecule has 0 aliphatic carbocycles. The lowest BCUT2D eigenvalue weighted by Crippen LogP contribution is -2.07. The zero-order valence-electron chi connectivity index (χ0n) is 13.7. The smallest absolute Gasteiger partial charge is 0.187 e. The standard InChI is InChI=1S/C19H21N3S/c1-4-14-5-9-16(10-6-14)20-19-21-18(13-23-19)15-7-11-17(12-8-15)22(2)3/h5-13H,4H2,1-3H3,(H,20,21). The van der Waals surface area contributed by atoms with Gasteiger partial charge >= 0.3 is 0 Å². The van der Waals surface area contributed by atoms with Gasteiger partial charge in [-0.1, -0.05) is 31.2 Å². The molecule has 0 fully saturated rings. The van der Waals surface area contributed by atoms with Crippen molar-refractivity contribution in [2.75, 3.05) is 24.3 Å². The lowest BCUT2D eigenvalue weighted by molar-refractivity contribution is 1.13. The minimum Gasteiger partial charge on any atom is -0.378 e. The van der Waals surface area contributed by atoms with E-state index in [2.05, 4.69) is 76.0 Å². The van der Waals surface area contributed by atoms with Crippen LogP contribution in [0.3, 0.4) is 0 Å². The van der Waals surface area contributed by atoms with E-state index in [9.17, 15) is 0 Å². The maximum Gasteiger partial charge on any atom is 0.187 e. The third-order valence-electron chi connectivity index (χ3n) is 3.80. The van der Waals surface area contributed by atoms with Gasteiger partial charge < -0.3 is 10.2 Å². The zero-order valence-corrected chi connectivity index (χ0v) is 14.5. The van der Waals surface area contributed by atoms with E-state index in [0.29, 0.717) is 0 Å². The SMILES string of the molecule is CCc1ccc(Nc2nc(-c3ccc(N(C)C)cc3)cs2)cc1. The molecule has 0 amide bonds. The molecule has 0 saturated carbocycles. The average Bonchev–Trinajstić information content (AvgIpc) is 3.04. The van der Waals surface area contributed by atoms with Gasteiger partial charge in [0.1, 0.15) is 0 Å². The van der Waals surface area contributed by atoms with Gasteiger partial charge in [0, 0.05) is 36.4 Å². The van der Waals surface area contributed by atoms with Gasteiger partial charge in [0.15, 0.2) is 5.13 Å². The van der Waals surface area contributed by atoms with Crippen molar-refractivity contribution in [2.45, 2.75) is 13.3 Å². The number of nitrogens with one attached hydrogen (secondary N) is 1. The topological polar surface area (TPSA) is 28.2 Å². The summed E-state index contributed by atoms with van der Waals surface area (Å²) in [5, 5.41) is 6.38. The Bertz CT molecular complexity index is 758. The highest BCUT2D eigenvalue weighted by Gasteiger charge is 2.05. The second-order valence-corrected chi connectivity index (χ2v) is 6.51. The van der Waals surface area contributed by atoms with E-state index in [4.69, 9.17) is 0 Å². The first-order valence-corrected chi connectivity index (χ1v) is 8.63. The van der Waals surface area contributed by atoms with Gasteiger partial charge in [0.05, 0.1) is 5.69 Å². The Labute approximate surface area is 141 Å². The largest absolute Gasteiger partial charge is 0.378 e. The molecule has 23 heavy (non-hydrogen) atoms. The van der Waals surface area contributed by atoms with Gasteiger partial charge in [0.25, 0.3) is 0 Å². The monoisotopic (exact) mass is 323 g/mol. The number of anilines is 3. The molecule has 2 aromatic carbocycles. The molecule has 1 N–H and O–H groups in total. The van der Waals surface area contributed by atoms with Crippen LogP contribution in [0.1, 0.15) is 12.5 Å². The molecule has 0 bridgehead atoms. The summed E-state index contributed by atoms with van der Waals surface area (Å²) in [5.41, 5.74) is 5.76. The van der Waals surface area contributed by atoms with E-state index >= 15 is 0 Å². The maximum atomic E-state index is 4.69. The molecule has 4 heteroatoms. The van der Waals surface area contributed by atoms with Crippen molar-refractivity contribution in [1.29, 1.82) is 0 Å². The number of aromatic nitrogens is 1. The minimum absolute atomic E-state index is 0.918. The number of hydrogen-bond acceptors (Lipinski definition) is 4. The summed E-state index contributed by atoms with van der Waals surface area (Å²) in [6.45, 7) is 2.16. The molecule has 0 spiro atoms. The van der Waals surface area contributed by atoms with E-state index < -0.39 is 0 Å². The van der Waals surface area contributed by atoms with Crippen LogP contribution in [-0.2, 0) is 6.42 Å². The van der Waals surface area contributed by atoms with Crippen molar-refractivity contribution >= 4 is 27.8 Å². The summed E-state index contributed by atoms with van der Waals surface area (Å²) in [7, 11) is 4.09. The van der Waals surface area contributed by atoms with E-state index in [1.165, 1.54) is 11.3 Å². The molecule has 1 heterocycles. The average molecular weight is 323 g/mol. The predicted octanol–water partition coefficient (Wildman–Crippen LogP) is 5.18. The molecule has 0 unspecified atom stereocenters. The Morgan fingerprint density at radius 3 is 2.30 bits per heavy atom. The third kappa shape index (κ3) is 3.71. The molecule has 0 aliphatic heterocycles. The van der Waals surface area contributed by atoms with Gasteiger partial charge in [-0.3, -0.25) is 0 Å². The number of hydrogen-bond donors (Lipinski definition) is 1. The van der Waals surface area contributed by atoms with Gasteiger partial charge in [-0.2, -0.15) is 0 Å². The van der Waals surface area contributed by atoms with Gasteiger partial charge in [-0.25, -0.2) is 4.98 Å². The van der Waals surface area contributed by atoms with Crippen molar-refractivity contribution in [3.8, 4) is 11.3 Å². The summed E-state index contributed by atoms with van der Waals surface area (Å²) in [6.07, 6.45) is 1.06. The van der Waals surface area contributed by atoms with Crippen molar-refractivity contribution in [2.24, 2.45) is 0 Å². The second kappa shape index (κ2) is 6.84. The molecule has 3 rings (SSSR count). The first-order chi connectivity index (χ1) is 11.2. The highest BCUT2D eigenvalue weighted by atomic mass is 32.1. The maximum absolute atomic E-state index is 4.69. The van der Waals surface area contributed by atoms with Gasteiger partial charge in [-0.15, -0.1) is 11.3 Å². The van der Waals surface area contributed by atoms with E-state index in [-0.39, 0.29) is 0 Å². The molecule has 0 saturated heterocycles.